The van der Waals surface area contributed by atoms with Crippen LogP contribution in [0, 0.1) is 6.92 Å². The van der Waals surface area contributed by atoms with Crippen LogP contribution in [-0.4, -0.2) is 12.0 Å². The topological polar surface area (TPSA) is 24.9 Å². The van der Waals surface area contributed by atoms with Crippen LogP contribution in [0.2, 0.25) is 5.02 Å². The lowest BCUT2D eigenvalue weighted by Gasteiger charge is -2.15. The fraction of sp³-hybridized carbons (Fsp3) is 0.250. The lowest BCUT2D eigenvalue weighted by atomic mass is 10.1. The molecule has 1 atom stereocenters. The van der Waals surface area contributed by atoms with E-state index in [1.54, 1.807) is 11.3 Å². The van der Waals surface area contributed by atoms with Crippen molar-refractivity contribution in [3.63, 3.8) is 0 Å². The Morgan fingerprint density at radius 3 is 2.81 bits per heavy atom. The van der Waals surface area contributed by atoms with Crippen molar-refractivity contribution in [3.05, 3.63) is 50.9 Å². The smallest absolute Gasteiger partial charge is 0.0698 e. The molecule has 0 aromatic carbocycles. The highest BCUT2D eigenvalue weighted by Crippen LogP contribution is 2.32. The second-order valence-electron chi connectivity index (χ2n) is 3.65. The molecule has 1 unspecified atom stereocenters. The molecule has 0 fully saturated rings. The van der Waals surface area contributed by atoms with Crippen LogP contribution in [0.3, 0.4) is 0 Å². The maximum Gasteiger partial charge on any atom is 0.0698 e. The quantitative estimate of drug-likeness (QED) is 0.906. The number of hydrogen-bond donors (Lipinski definition) is 1. The normalized spacial score (nSPS) is 12.7. The number of halogens is 1. The number of nitrogens with one attached hydrogen (secondary N) is 1. The zero-order chi connectivity index (χ0) is 11.5. The van der Waals surface area contributed by atoms with Gasteiger partial charge in [-0.3, -0.25) is 4.98 Å². The van der Waals surface area contributed by atoms with Crippen LogP contribution in [0.15, 0.2) is 29.9 Å². The predicted molar refractivity (Wildman–Crippen MR) is 69.2 cm³/mol. The van der Waals surface area contributed by atoms with E-state index in [0.29, 0.717) is 0 Å². The Hall–Kier alpha value is -0.900. The maximum absolute atomic E-state index is 6.15. The summed E-state index contributed by atoms with van der Waals surface area (Å²) in [6.45, 7) is 2.04. The third-order valence-corrected chi connectivity index (χ3v) is 3.85. The van der Waals surface area contributed by atoms with Gasteiger partial charge in [-0.25, -0.2) is 0 Å². The van der Waals surface area contributed by atoms with Gasteiger partial charge in [-0.15, -0.1) is 11.3 Å². The molecule has 4 heteroatoms. The van der Waals surface area contributed by atoms with Crippen molar-refractivity contribution in [2.75, 3.05) is 7.05 Å². The second-order valence-corrected chi connectivity index (χ2v) is 5.00. The minimum atomic E-state index is 0.125. The van der Waals surface area contributed by atoms with E-state index in [1.807, 2.05) is 37.8 Å². The first-order valence-electron chi connectivity index (χ1n) is 5.04. The predicted octanol–water partition coefficient (Wildman–Crippen LogP) is 3.41. The number of hydrogen-bond acceptors (Lipinski definition) is 3. The fourth-order valence-electron chi connectivity index (χ4n) is 1.70. The van der Waals surface area contributed by atoms with Crippen LogP contribution in [0.4, 0.5) is 0 Å². The monoisotopic (exact) mass is 252 g/mol. The van der Waals surface area contributed by atoms with E-state index in [9.17, 15) is 0 Å². The largest absolute Gasteiger partial charge is 0.309 e. The van der Waals surface area contributed by atoms with E-state index in [4.69, 9.17) is 11.6 Å². The van der Waals surface area contributed by atoms with Crippen molar-refractivity contribution in [1.82, 2.24) is 10.3 Å². The van der Waals surface area contributed by atoms with E-state index in [2.05, 4.69) is 16.4 Å². The number of aromatic nitrogens is 1. The van der Waals surface area contributed by atoms with Gasteiger partial charge in [0.25, 0.3) is 0 Å². The molecule has 0 amide bonds. The highest BCUT2D eigenvalue weighted by molar-refractivity contribution is 7.10. The molecule has 0 radical (unpaired) electrons. The minimum absolute atomic E-state index is 0.125. The zero-order valence-corrected chi connectivity index (χ0v) is 10.8. The van der Waals surface area contributed by atoms with E-state index in [-0.39, 0.29) is 6.04 Å². The molecule has 0 saturated heterocycles. The Labute approximate surface area is 104 Å². The summed E-state index contributed by atoms with van der Waals surface area (Å²) in [6.07, 6.45) is 3.73. The molecule has 2 nitrogen and oxygen atoms in total. The van der Waals surface area contributed by atoms with Gasteiger partial charge >= 0.3 is 0 Å². The summed E-state index contributed by atoms with van der Waals surface area (Å²) in [5.74, 6) is 0. The molecule has 2 rings (SSSR count). The molecule has 84 valence electrons. The molecule has 2 heterocycles. The molecule has 0 aliphatic rings. The third-order valence-electron chi connectivity index (χ3n) is 2.43. The summed E-state index contributed by atoms with van der Waals surface area (Å²) in [5, 5.41) is 6.09. The van der Waals surface area contributed by atoms with E-state index in [1.165, 1.54) is 0 Å². The Morgan fingerprint density at radius 2 is 2.25 bits per heavy atom. The standard InChI is InChI=1S/C12H13ClN2S/c1-8-5-9(7-15-6-8)11(14-2)12-10(13)3-4-16-12/h3-7,11,14H,1-2H3. The summed E-state index contributed by atoms with van der Waals surface area (Å²) in [6, 6.07) is 4.18. The maximum atomic E-state index is 6.15. The molecule has 2 aromatic rings. The summed E-state index contributed by atoms with van der Waals surface area (Å²) >= 11 is 7.81. The van der Waals surface area contributed by atoms with Crippen molar-refractivity contribution in [3.8, 4) is 0 Å². The highest BCUT2D eigenvalue weighted by atomic mass is 35.5. The van der Waals surface area contributed by atoms with Crippen LogP contribution in [-0.2, 0) is 0 Å². The lowest BCUT2D eigenvalue weighted by Crippen LogP contribution is -2.17. The van der Waals surface area contributed by atoms with Gasteiger partial charge in [0.15, 0.2) is 0 Å². The summed E-state index contributed by atoms with van der Waals surface area (Å²) in [4.78, 5) is 5.35. The number of rotatable bonds is 3. The number of nitrogens with zero attached hydrogens (tertiary/aromatic N) is 1. The molecule has 1 N–H and O–H groups in total. The molecule has 0 spiro atoms. The number of pyridine rings is 1. The van der Waals surface area contributed by atoms with E-state index < -0.39 is 0 Å². The fourth-order valence-corrected chi connectivity index (χ4v) is 3.00. The first kappa shape index (κ1) is 11.6. The van der Waals surface area contributed by atoms with Gasteiger partial charge in [0.1, 0.15) is 0 Å². The molecular formula is C12H13ClN2S. The summed E-state index contributed by atoms with van der Waals surface area (Å²) < 4.78 is 0. The third kappa shape index (κ3) is 2.26. The summed E-state index contributed by atoms with van der Waals surface area (Å²) in [5.41, 5.74) is 2.30. The Morgan fingerprint density at radius 1 is 1.44 bits per heavy atom. The van der Waals surface area contributed by atoms with Crippen molar-refractivity contribution < 1.29 is 0 Å². The SMILES string of the molecule is CNC(c1cncc(C)c1)c1sccc1Cl. The first-order valence-corrected chi connectivity index (χ1v) is 6.30. The summed E-state index contributed by atoms with van der Waals surface area (Å²) in [7, 11) is 1.93. The molecule has 2 aromatic heterocycles. The second kappa shape index (κ2) is 4.95. The van der Waals surface area contributed by atoms with Gasteiger partial charge < -0.3 is 5.32 Å². The number of thiophene rings is 1. The van der Waals surface area contributed by atoms with Gasteiger partial charge in [0.05, 0.1) is 11.1 Å². The van der Waals surface area contributed by atoms with Gasteiger partial charge in [-0.2, -0.15) is 0 Å². The average molecular weight is 253 g/mol. The van der Waals surface area contributed by atoms with Gasteiger partial charge in [0, 0.05) is 17.3 Å². The van der Waals surface area contributed by atoms with Gasteiger partial charge in [-0.1, -0.05) is 17.7 Å². The molecule has 0 saturated carbocycles. The molecule has 16 heavy (non-hydrogen) atoms. The Bertz CT molecular complexity index is 481. The van der Waals surface area contributed by atoms with Crippen LogP contribution < -0.4 is 5.32 Å². The molecular weight excluding hydrogens is 240 g/mol. The average Bonchev–Trinajstić information content (AvgIpc) is 2.67. The highest BCUT2D eigenvalue weighted by Gasteiger charge is 2.16. The van der Waals surface area contributed by atoms with Gasteiger partial charge in [0.2, 0.25) is 0 Å². The molecule has 0 aliphatic carbocycles. The first-order chi connectivity index (χ1) is 7.72. The van der Waals surface area contributed by atoms with Crippen molar-refractivity contribution in [2.45, 2.75) is 13.0 Å². The van der Waals surface area contributed by atoms with Crippen LogP contribution in [0.5, 0.6) is 0 Å². The Balaban J connectivity index is 2.40. The lowest BCUT2D eigenvalue weighted by molar-refractivity contribution is 0.700. The molecule has 0 bridgehead atoms. The van der Waals surface area contributed by atoms with Crippen molar-refractivity contribution >= 4 is 22.9 Å². The van der Waals surface area contributed by atoms with Gasteiger partial charge in [-0.05, 0) is 36.5 Å². The van der Waals surface area contributed by atoms with Crippen LogP contribution >= 0.6 is 22.9 Å². The molecule has 0 aliphatic heterocycles. The van der Waals surface area contributed by atoms with Crippen LogP contribution in [0.1, 0.15) is 22.0 Å². The zero-order valence-electron chi connectivity index (χ0n) is 9.20. The van der Waals surface area contributed by atoms with Crippen molar-refractivity contribution in [2.24, 2.45) is 0 Å². The van der Waals surface area contributed by atoms with E-state index >= 15 is 0 Å². The van der Waals surface area contributed by atoms with E-state index in [0.717, 1.165) is 21.0 Å². The Kier molecular flexibility index (Phi) is 3.59. The van der Waals surface area contributed by atoms with Crippen molar-refractivity contribution in [1.29, 1.82) is 0 Å². The minimum Gasteiger partial charge on any atom is -0.309 e. The van der Waals surface area contributed by atoms with Crippen LogP contribution in [0.25, 0.3) is 0 Å². The number of aryl methyl sites for hydroxylation is 1.